The molecule has 1 aliphatic heterocycles. The van der Waals surface area contributed by atoms with Gasteiger partial charge in [0.05, 0.1) is 19.1 Å². The Morgan fingerprint density at radius 3 is 2.31 bits per heavy atom. The molecule has 148 valence electrons. The molecule has 4 rings (SSSR count). The lowest BCUT2D eigenvalue weighted by Crippen LogP contribution is -2.37. The quantitative estimate of drug-likeness (QED) is 0.659. The first kappa shape index (κ1) is 19.2. The van der Waals surface area contributed by atoms with Crippen LogP contribution in [0.4, 0.5) is 0 Å². The van der Waals surface area contributed by atoms with Gasteiger partial charge < -0.3 is 14.8 Å². The summed E-state index contributed by atoms with van der Waals surface area (Å²) in [4.78, 5) is 12.5. The number of ether oxygens (including phenoxy) is 2. The van der Waals surface area contributed by atoms with Crippen molar-refractivity contribution in [1.29, 1.82) is 0 Å². The molecule has 0 aromatic heterocycles. The summed E-state index contributed by atoms with van der Waals surface area (Å²) in [7, 11) is 0. The summed E-state index contributed by atoms with van der Waals surface area (Å²) in [6.07, 6.45) is 0.722. The Hall–Kier alpha value is -3.11. The standard InChI is InChI=1S/C25H25NO3/c27-25(23-14-22-8-4-5-9-24(22)29-18-23)26-15-19-10-12-21(13-11-19)17-28-16-20-6-2-1-3-7-20/h1-13,23H,14-18H2,(H,26,27). The van der Waals surface area contributed by atoms with Crippen LogP contribution in [0.25, 0.3) is 0 Å². The fourth-order valence-corrected chi connectivity index (χ4v) is 3.44. The van der Waals surface area contributed by atoms with Crippen molar-refractivity contribution in [3.8, 4) is 5.75 Å². The van der Waals surface area contributed by atoms with Gasteiger partial charge in [0.1, 0.15) is 12.4 Å². The van der Waals surface area contributed by atoms with E-state index in [1.54, 1.807) is 0 Å². The largest absolute Gasteiger partial charge is 0.492 e. The summed E-state index contributed by atoms with van der Waals surface area (Å²) in [5, 5.41) is 3.03. The van der Waals surface area contributed by atoms with Gasteiger partial charge in [-0.2, -0.15) is 0 Å². The van der Waals surface area contributed by atoms with E-state index in [0.717, 1.165) is 28.9 Å². The summed E-state index contributed by atoms with van der Waals surface area (Å²) >= 11 is 0. The Labute approximate surface area is 171 Å². The van der Waals surface area contributed by atoms with Crippen LogP contribution in [-0.2, 0) is 35.7 Å². The van der Waals surface area contributed by atoms with Gasteiger partial charge in [-0.25, -0.2) is 0 Å². The van der Waals surface area contributed by atoms with Crippen LogP contribution in [-0.4, -0.2) is 12.5 Å². The van der Waals surface area contributed by atoms with Crippen LogP contribution >= 0.6 is 0 Å². The van der Waals surface area contributed by atoms with E-state index in [-0.39, 0.29) is 11.8 Å². The van der Waals surface area contributed by atoms with E-state index in [1.165, 1.54) is 5.56 Å². The summed E-state index contributed by atoms with van der Waals surface area (Å²) in [5.74, 6) is 0.784. The average molecular weight is 387 g/mol. The zero-order valence-electron chi connectivity index (χ0n) is 16.3. The molecule has 1 N–H and O–H groups in total. The maximum atomic E-state index is 12.5. The van der Waals surface area contributed by atoms with Crippen molar-refractivity contribution in [1.82, 2.24) is 5.32 Å². The third-order valence-electron chi connectivity index (χ3n) is 5.12. The molecule has 1 amide bonds. The minimum atomic E-state index is -0.143. The molecular formula is C25H25NO3. The molecule has 0 radical (unpaired) electrons. The predicted molar refractivity (Wildman–Crippen MR) is 112 cm³/mol. The Morgan fingerprint density at radius 2 is 1.52 bits per heavy atom. The minimum Gasteiger partial charge on any atom is -0.492 e. The number of hydrogen-bond acceptors (Lipinski definition) is 3. The van der Waals surface area contributed by atoms with Crippen molar-refractivity contribution in [3.05, 3.63) is 101 Å². The van der Waals surface area contributed by atoms with Crippen LogP contribution < -0.4 is 10.1 Å². The summed E-state index contributed by atoms with van der Waals surface area (Å²) in [6, 6.07) is 26.2. The number of para-hydroxylation sites is 1. The number of carbonyl (C=O) groups is 1. The molecule has 0 saturated carbocycles. The fraction of sp³-hybridized carbons (Fsp3) is 0.240. The average Bonchev–Trinajstić information content (AvgIpc) is 2.79. The highest BCUT2D eigenvalue weighted by Crippen LogP contribution is 2.26. The summed E-state index contributed by atoms with van der Waals surface area (Å²) < 4.78 is 11.5. The number of benzene rings is 3. The summed E-state index contributed by atoms with van der Waals surface area (Å²) in [5.41, 5.74) is 4.45. The third kappa shape index (κ3) is 5.24. The first-order valence-electron chi connectivity index (χ1n) is 9.96. The monoisotopic (exact) mass is 387 g/mol. The molecule has 4 heteroatoms. The molecule has 0 spiro atoms. The van der Waals surface area contributed by atoms with E-state index < -0.39 is 0 Å². The highest BCUT2D eigenvalue weighted by atomic mass is 16.5. The van der Waals surface area contributed by atoms with Crippen molar-refractivity contribution < 1.29 is 14.3 Å². The Morgan fingerprint density at radius 1 is 0.862 bits per heavy atom. The van der Waals surface area contributed by atoms with Crippen molar-refractivity contribution >= 4 is 5.91 Å². The lowest BCUT2D eigenvalue weighted by molar-refractivity contribution is -0.126. The van der Waals surface area contributed by atoms with Crippen LogP contribution in [0.5, 0.6) is 5.75 Å². The van der Waals surface area contributed by atoms with Crippen molar-refractivity contribution in [2.24, 2.45) is 5.92 Å². The Bertz CT molecular complexity index is 938. The van der Waals surface area contributed by atoms with Gasteiger partial charge in [0.15, 0.2) is 0 Å². The SMILES string of the molecule is O=C(NCc1ccc(COCc2ccccc2)cc1)C1COc2ccccc2C1. The van der Waals surface area contributed by atoms with Crippen molar-refractivity contribution in [2.45, 2.75) is 26.2 Å². The van der Waals surface area contributed by atoms with Crippen molar-refractivity contribution in [3.63, 3.8) is 0 Å². The normalized spacial score (nSPS) is 15.2. The maximum Gasteiger partial charge on any atom is 0.227 e. The van der Waals surface area contributed by atoms with E-state index >= 15 is 0 Å². The van der Waals surface area contributed by atoms with Gasteiger partial charge in [-0.05, 0) is 34.7 Å². The van der Waals surface area contributed by atoms with Gasteiger partial charge in [0, 0.05) is 6.54 Å². The molecule has 1 atom stereocenters. The zero-order valence-corrected chi connectivity index (χ0v) is 16.3. The van der Waals surface area contributed by atoms with E-state index in [9.17, 15) is 4.79 Å². The van der Waals surface area contributed by atoms with Gasteiger partial charge in [0.25, 0.3) is 0 Å². The zero-order chi connectivity index (χ0) is 19.9. The molecule has 29 heavy (non-hydrogen) atoms. The molecule has 1 unspecified atom stereocenters. The van der Waals surface area contributed by atoms with Crippen LogP contribution in [0.1, 0.15) is 22.3 Å². The number of fused-ring (bicyclic) bond motifs is 1. The highest BCUT2D eigenvalue weighted by Gasteiger charge is 2.25. The van der Waals surface area contributed by atoms with E-state index in [4.69, 9.17) is 9.47 Å². The van der Waals surface area contributed by atoms with Crippen LogP contribution in [0.2, 0.25) is 0 Å². The Kier molecular flexibility index (Phi) is 6.22. The molecule has 3 aromatic rings. The predicted octanol–water partition coefficient (Wildman–Crippen LogP) is 4.27. The first-order valence-corrected chi connectivity index (χ1v) is 9.96. The Balaban J connectivity index is 1.22. The molecule has 0 fully saturated rings. The summed E-state index contributed by atoms with van der Waals surface area (Å²) in [6.45, 7) is 2.12. The highest BCUT2D eigenvalue weighted by molar-refractivity contribution is 5.79. The topological polar surface area (TPSA) is 47.6 Å². The fourth-order valence-electron chi connectivity index (χ4n) is 3.44. The van der Waals surface area contributed by atoms with Gasteiger partial charge in [-0.15, -0.1) is 0 Å². The van der Waals surface area contributed by atoms with Crippen LogP contribution in [0, 0.1) is 5.92 Å². The lowest BCUT2D eigenvalue weighted by atomic mass is 9.96. The van der Waals surface area contributed by atoms with Gasteiger partial charge in [-0.3, -0.25) is 4.79 Å². The van der Waals surface area contributed by atoms with Gasteiger partial charge in [0.2, 0.25) is 5.91 Å². The lowest BCUT2D eigenvalue weighted by Gasteiger charge is -2.24. The maximum absolute atomic E-state index is 12.5. The third-order valence-corrected chi connectivity index (χ3v) is 5.12. The number of hydrogen-bond donors (Lipinski definition) is 1. The second-order valence-electron chi connectivity index (χ2n) is 7.33. The molecule has 1 aliphatic rings. The van der Waals surface area contributed by atoms with Gasteiger partial charge in [-0.1, -0.05) is 72.8 Å². The number of carbonyl (C=O) groups excluding carboxylic acids is 1. The second kappa shape index (κ2) is 9.39. The number of nitrogens with one attached hydrogen (secondary N) is 1. The number of rotatable bonds is 7. The van der Waals surface area contributed by atoms with E-state index in [0.29, 0.717) is 26.4 Å². The van der Waals surface area contributed by atoms with Crippen molar-refractivity contribution in [2.75, 3.05) is 6.61 Å². The molecular weight excluding hydrogens is 362 g/mol. The minimum absolute atomic E-state index is 0.0368. The van der Waals surface area contributed by atoms with Gasteiger partial charge >= 0.3 is 0 Å². The van der Waals surface area contributed by atoms with E-state index in [2.05, 4.69) is 17.4 Å². The molecule has 0 bridgehead atoms. The molecule has 0 saturated heterocycles. The number of amides is 1. The molecule has 0 aliphatic carbocycles. The molecule has 1 heterocycles. The first-order chi connectivity index (χ1) is 14.3. The van der Waals surface area contributed by atoms with Crippen LogP contribution in [0.3, 0.4) is 0 Å². The van der Waals surface area contributed by atoms with E-state index in [1.807, 2.05) is 66.7 Å². The van der Waals surface area contributed by atoms with Crippen LogP contribution in [0.15, 0.2) is 78.9 Å². The molecule has 3 aromatic carbocycles. The molecule has 4 nitrogen and oxygen atoms in total. The second-order valence-corrected chi connectivity index (χ2v) is 7.33. The smallest absolute Gasteiger partial charge is 0.227 e.